The molecule has 0 aliphatic carbocycles. The Morgan fingerprint density at radius 1 is 1.77 bits per heavy atom. The Labute approximate surface area is 76.5 Å². The maximum atomic E-state index is 11.3. The van der Waals surface area contributed by atoms with Gasteiger partial charge < -0.3 is 11.1 Å². The Balaban J connectivity index is 2.76. The Hall–Kier alpha value is -1.84. The van der Waals surface area contributed by atoms with Gasteiger partial charge in [-0.05, 0) is 12.1 Å². The molecule has 1 rings (SSSR count). The summed E-state index contributed by atoms with van der Waals surface area (Å²) in [6.07, 6.45) is 3.14. The fourth-order valence-electron chi connectivity index (χ4n) is 0.870. The van der Waals surface area contributed by atoms with E-state index in [9.17, 15) is 4.79 Å². The maximum absolute atomic E-state index is 11.3. The van der Waals surface area contributed by atoms with E-state index in [4.69, 9.17) is 5.73 Å². The zero-order valence-corrected chi connectivity index (χ0v) is 7.16. The molecule has 68 valence electrons. The number of rotatable bonds is 3. The van der Waals surface area contributed by atoms with Crippen molar-refractivity contribution in [2.75, 3.05) is 12.3 Å². The van der Waals surface area contributed by atoms with E-state index >= 15 is 0 Å². The predicted octanol–water partition coefficient (Wildman–Crippen LogP) is 0.580. The van der Waals surface area contributed by atoms with Crippen LogP contribution in [0.2, 0.25) is 0 Å². The first-order chi connectivity index (χ1) is 6.25. The maximum Gasteiger partial charge on any atom is 0.255 e. The Kier molecular flexibility index (Phi) is 3.03. The highest BCUT2D eigenvalue weighted by Crippen LogP contribution is 2.05. The number of anilines is 1. The van der Waals surface area contributed by atoms with Crippen LogP contribution >= 0.6 is 0 Å². The molecule has 1 aromatic heterocycles. The molecule has 0 saturated heterocycles. The Morgan fingerprint density at radius 3 is 3.15 bits per heavy atom. The molecular weight excluding hydrogens is 166 g/mol. The summed E-state index contributed by atoms with van der Waals surface area (Å²) in [5.74, 6) is 0.00885. The minimum atomic E-state index is -0.231. The minimum Gasteiger partial charge on any atom is -0.383 e. The van der Waals surface area contributed by atoms with Gasteiger partial charge in [-0.25, -0.2) is 4.98 Å². The number of nitrogens with one attached hydrogen (secondary N) is 1. The molecule has 0 radical (unpaired) electrons. The van der Waals surface area contributed by atoms with Gasteiger partial charge in [-0.3, -0.25) is 4.79 Å². The van der Waals surface area contributed by atoms with Crippen molar-refractivity contribution in [3.05, 3.63) is 36.5 Å². The van der Waals surface area contributed by atoms with Crippen LogP contribution in [0.3, 0.4) is 0 Å². The highest BCUT2D eigenvalue weighted by atomic mass is 16.1. The standard InChI is InChI=1S/C9H11N3O/c1-2-5-12-9(13)7-4-3-6-11-8(7)10/h2-4,6H,1,5H2,(H2,10,11)(H,12,13). The highest BCUT2D eigenvalue weighted by Gasteiger charge is 2.07. The first-order valence-corrected chi connectivity index (χ1v) is 3.85. The summed E-state index contributed by atoms with van der Waals surface area (Å²) < 4.78 is 0. The van der Waals surface area contributed by atoms with Gasteiger partial charge in [0.25, 0.3) is 5.91 Å². The van der Waals surface area contributed by atoms with Crippen molar-refractivity contribution in [2.45, 2.75) is 0 Å². The number of nitrogen functional groups attached to an aromatic ring is 1. The zero-order valence-electron chi connectivity index (χ0n) is 7.16. The second-order valence-corrected chi connectivity index (χ2v) is 2.43. The van der Waals surface area contributed by atoms with E-state index in [-0.39, 0.29) is 11.7 Å². The minimum absolute atomic E-state index is 0.231. The summed E-state index contributed by atoms with van der Waals surface area (Å²) in [5, 5.41) is 2.61. The summed E-state index contributed by atoms with van der Waals surface area (Å²) in [7, 11) is 0. The number of nitrogens with two attached hydrogens (primary N) is 1. The monoisotopic (exact) mass is 177 g/mol. The second-order valence-electron chi connectivity index (χ2n) is 2.43. The third-order valence-corrected chi connectivity index (χ3v) is 1.49. The van der Waals surface area contributed by atoms with Crippen LogP contribution in [0.4, 0.5) is 5.82 Å². The molecule has 0 unspecified atom stereocenters. The second kappa shape index (κ2) is 4.25. The zero-order chi connectivity index (χ0) is 9.68. The largest absolute Gasteiger partial charge is 0.383 e. The Morgan fingerprint density at radius 2 is 2.54 bits per heavy atom. The molecule has 0 bridgehead atoms. The molecule has 4 heteroatoms. The molecular formula is C9H11N3O. The van der Waals surface area contributed by atoms with E-state index in [1.807, 2.05) is 0 Å². The number of aromatic nitrogens is 1. The summed E-state index contributed by atoms with van der Waals surface area (Å²) >= 11 is 0. The molecule has 0 fully saturated rings. The van der Waals surface area contributed by atoms with Gasteiger partial charge in [-0.1, -0.05) is 6.08 Å². The van der Waals surface area contributed by atoms with Gasteiger partial charge in [-0.2, -0.15) is 0 Å². The van der Waals surface area contributed by atoms with Crippen molar-refractivity contribution in [3.8, 4) is 0 Å². The van der Waals surface area contributed by atoms with Crippen LogP contribution in [0, 0.1) is 0 Å². The smallest absolute Gasteiger partial charge is 0.255 e. The normalized spacial score (nSPS) is 9.23. The van der Waals surface area contributed by atoms with Gasteiger partial charge in [0.1, 0.15) is 5.82 Å². The van der Waals surface area contributed by atoms with E-state index in [1.54, 1.807) is 24.4 Å². The van der Waals surface area contributed by atoms with Gasteiger partial charge >= 0.3 is 0 Å². The van der Waals surface area contributed by atoms with Gasteiger partial charge in [0.15, 0.2) is 0 Å². The van der Waals surface area contributed by atoms with Gasteiger partial charge in [0.2, 0.25) is 0 Å². The molecule has 0 atom stereocenters. The van der Waals surface area contributed by atoms with E-state index in [1.165, 1.54) is 0 Å². The molecule has 0 aromatic carbocycles. The summed E-state index contributed by atoms with van der Waals surface area (Å²) in [6.45, 7) is 3.91. The molecule has 0 spiro atoms. The number of hydrogen-bond donors (Lipinski definition) is 2. The number of carbonyl (C=O) groups excluding carboxylic acids is 1. The molecule has 1 amide bonds. The summed E-state index contributed by atoms with van der Waals surface area (Å²) in [4.78, 5) is 15.1. The average Bonchev–Trinajstić information content (AvgIpc) is 2.15. The van der Waals surface area contributed by atoms with E-state index in [2.05, 4.69) is 16.9 Å². The first-order valence-electron chi connectivity index (χ1n) is 3.85. The quantitative estimate of drug-likeness (QED) is 0.663. The van der Waals surface area contributed by atoms with Crippen LogP contribution in [0.25, 0.3) is 0 Å². The van der Waals surface area contributed by atoms with Crippen LogP contribution in [0.1, 0.15) is 10.4 Å². The first kappa shape index (κ1) is 9.25. The summed E-state index contributed by atoms with van der Waals surface area (Å²) in [6, 6.07) is 3.29. The number of nitrogens with zero attached hydrogens (tertiary/aromatic N) is 1. The third-order valence-electron chi connectivity index (χ3n) is 1.49. The average molecular weight is 177 g/mol. The number of hydrogen-bond acceptors (Lipinski definition) is 3. The van der Waals surface area contributed by atoms with E-state index < -0.39 is 0 Å². The molecule has 4 nitrogen and oxygen atoms in total. The summed E-state index contributed by atoms with van der Waals surface area (Å²) in [5.41, 5.74) is 5.89. The van der Waals surface area contributed by atoms with E-state index in [0.29, 0.717) is 12.1 Å². The predicted molar refractivity (Wildman–Crippen MR) is 51.2 cm³/mol. The van der Waals surface area contributed by atoms with Gasteiger partial charge in [-0.15, -0.1) is 6.58 Å². The lowest BCUT2D eigenvalue weighted by molar-refractivity contribution is 0.0958. The van der Waals surface area contributed by atoms with Crippen molar-refractivity contribution < 1.29 is 4.79 Å². The number of amides is 1. The van der Waals surface area contributed by atoms with Crippen LogP contribution in [0.5, 0.6) is 0 Å². The lowest BCUT2D eigenvalue weighted by Gasteiger charge is -2.03. The molecule has 0 saturated carbocycles. The van der Waals surface area contributed by atoms with Crippen molar-refractivity contribution in [1.29, 1.82) is 0 Å². The lowest BCUT2D eigenvalue weighted by atomic mass is 10.2. The van der Waals surface area contributed by atoms with Crippen LogP contribution in [-0.4, -0.2) is 17.4 Å². The Bertz CT molecular complexity index is 322. The van der Waals surface area contributed by atoms with Crippen LogP contribution in [0.15, 0.2) is 31.0 Å². The SMILES string of the molecule is C=CCNC(=O)c1cccnc1N. The molecule has 0 aliphatic rings. The van der Waals surface area contributed by atoms with Crippen LogP contribution in [-0.2, 0) is 0 Å². The van der Waals surface area contributed by atoms with Crippen LogP contribution < -0.4 is 11.1 Å². The number of carbonyl (C=O) groups is 1. The van der Waals surface area contributed by atoms with E-state index in [0.717, 1.165) is 0 Å². The molecule has 3 N–H and O–H groups in total. The highest BCUT2D eigenvalue weighted by molar-refractivity contribution is 5.98. The van der Waals surface area contributed by atoms with Crippen molar-refractivity contribution in [3.63, 3.8) is 0 Å². The number of pyridine rings is 1. The van der Waals surface area contributed by atoms with Gasteiger partial charge in [0.05, 0.1) is 5.56 Å². The van der Waals surface area contributed by atoms with Crippen molar-refractivity contribution in [2.24, 2.45) is 0 Å². The molecule has 0 aliphatic heterocycles. The molecule has 1 aromatic rings. The fraction of sp³-hybridized carbons (Fsp3) is 0.111. The fourth-order valence-corrected chi connectivity index (χ4v) is 0.870. The molecule has 1 heterocycles. The third kappa shape index (κ3) is 2.30. The molecule has 13 heavy (non-hydrogen) atoms. The topological polar surface area (TPSA) is 68.0 Å². The van der Waals surface area contributed by atoms with Gasteiger partial charge in [0, 0.05) is 12.7 Å². The van der Waals surface area contributed by atoms with Crippen molar-refractivity contribution in [1.82, 2.24) is 10.3 Å². The lowest BCUT2D eigenvalue weighted by Crippen LogP contribution is -2.24. The van der Waals surface area contributed by atoms with Crippen molar-refractivity contribution >= 4 is 11.7 Å².